The number of aryl methyl sites for hydroxylation is 1. The fourth-order valence-electron chi connectivity index (χ4n) is 1.25. The summed E-state index contributed by atoms with van der Waals surface area (Å²) in [5, 5.41) is 1.14. The second-order valence-corrected chi connectivity index (χ2v) is 3.78. The average Bonchev–Trinajstić information content (AvgIpc) is 2.14. The van der Waals surface area contributed by atoms with Gasteiger partial charge in [0.15, 0.2) is 0 Å². The van der Waals surface area contributed by atoms with Crippen LogP contribution >= 0.6 is 15.9 Å². The van der Waals surface area contributed by atoms with Gasteiger partial charge in [-0.1, -0.05) is 52.7 Å². The Hall–Kier alpha value is -0.300. The van der Waals surface area contributed by atoms with Crippen LogP contribution in [0.1, 0.15) is 24.8 Å². The van der Waals surface area contributed by atoms with Crippen molar-refractivity contribution in [1.82, 2.24) is 0 Å². The zero-order valence-electron chi connectivity index (χ0n) is 7.30. The van der Waals surface area contributed by atoms with Gasteiger partial charge in [-0.3, -0.25) is 0 Å². The molecule has 1 rings (SSSR count). The third-order valence-electron chi connectivity index (χ3n) is 1.94. The van der Waals surface area contributed by atoms with Gasteiger partial charge in [0.2, 0.25) is 0 Å². The lowest BCUT2D eigenvalue weighted by Crippen LogP contribution is -1.85. The number of hydrogen-bond donors (Lipinski definition) is 0. The SMILES string of the molecule is BrCCCCCc1ccccc1. The van der Waals surface area contributed by atoms with Crippen molar-refractivity contribution in [3.05, 3.63) is 35.9 Å². The highest BCUT2D eigenvalue weighted by Crippen LogP contribution is 2.06. The molecule has 12 heavy (non-hydrogen) atoms. The highest BCUT2D eigenvalue weighted by molar-refractivity contribution is 9.09. The standard InChI is InChI=1S/C11H15Br/c12-10-6-2-5-9-11-7-3-1-4-8-11/h1,3-4,7-8H,2,5-6,9-10H2. The first-order chi connectivity index (χ1) is 5.93. The monoisotopic (exact) mass is 226 g/mol. The topological polar surface area (TPSA) is 0 Å². The highest BCUT2D eigenvalue weighted by Gasteiger charge is 1.90. The van der Waals surface area contributed by atoms with Crippen molar-refractivity contribution in [3.8, 4) is 0 Å². The molecular formula is C11H15Br. The zero-order valence-corrected chi connectivity index (χ0v) is 8.89. The minimum Gasteiger partial charge on any atom is -0.0928 e. The molecule has 66 valence electrons. The van der Waals surface area contributed by atoms with Crippen LogP contribution in [0.15, 0.2) is 30.3 Å². The molecule has 0 saturated carbocycles. The van der Waals surface area contributed by atoms with Crippen molar-refractivity contribution in [3.63, 3.8) is 0 Å². The molecular weight excluding hydrogens is 212 g/mol. The quantitative estimate of drug-likeness (QED) is 0.530. The Bertz CT molecular complexity index is 193. The van der Waals surface area contributed by atoms with Gasteiger partial charge in [-0.05, 0) is 24.8 Å². The molecule has 0 heterocycles. The van der Waals surface area contributed by atoms with Crippen molar-refractivity contribution in [2.24, 2.45) is 0 Å². The summed E-state index contributed by atoms with van der Waals surface area (Å²) in [6.07, 6.45) is 5.18. The Kier molecular flexibility index (Phi) is 5.09. The van der Waals surface area contributed by atoms with E-state index in [1.165, 1.54) is 31.2 Å². The number of unbranched alkanes of at least 4 members (excludes halogenated alkanes) is 2. The zero-order chi connectivity index (χ0) is 8.65. The third-order valence-corrected chi connectivity index (χ3v) is 2.50. The molecule has 0 aliphatic heterocycles. The average molecular weight is 227 g/mol. The van der Waals surface area contributed by atoms with Crippen molar-refractivity contribution in [2.75, 3.05) is 5.33 Å². The summed E-state index contributed by atoms with van der Waals surface area (Å²) in [5.41, 5.74) is 1.46. The van der Waals surface area contributed by atoms with E-state index >= 15 is 0 Å². The van der Waals surface area contributed by atoms with Crippen molar-refractivity contribution >= 4 is 15.9 Å². The van der Waals surface area contributed by atoms with Crippen LogP contribution < -0.4 is 0 Å². The highest BCUT2D eigenvalue weighted by atomic mass is 79.9. The molecule has 0 saturated heterocycles. The summed E-state index contributed by atoms with van der Waals surface area (Å²) >= 11 is 3.44. The maximum atomic E-state index is 3.44. The fraction of sp³-hybridized carbons (Fsp3) is 0.455. The first kappa shape index (κ1) is 9.79. The first-order valence-electron chi connectivity index (χ1n) is 4.53. The Morgan fingerprint density at radius 1 is 0.917 bits per heavy atom. The van der Waals surface area contributed by atoms with Gasteiger partial charge in [0, 0.05) is 5.33 Å². The van der Waals surface area contributed by atoms with Crippen LogP contribution in [0.2, 0.25) is 0 Å². The van der Waals surface area contributed by atoms with E-state index in [2.05, 4.69) is 46.3 Å². The molecule has 0 unspecified atom stereocenters. The maximum Gasteiger partial charge on any atom is 0.00313 e. The van der Waals surface area contributed by atoms with E-state index in [1.807, 2.05) is 0 Å². The number of benzene rings is 1. The van der Waals surface area contributed by atoms with Crippen molar-refractivity contribution < 1.29 is 0 Å². The summed E-state index contributed by atoms with van der Waals surface area (Å²) in [7, 11) is 0. The van der Waals surface area contributed by atoms with Gasteiger partial charge in [0.25, 0.3) is 0 Å². The molecule has 0 amide bonds. The van der Waals surface area contributed by atoms with Crippen LogP contribution in [-0.2, 0) is 6.42 Å². The lowest BCUT2D eigenvalue weighted by Gasteiger charge is -1.99. The molecule has 0 bridgehead atoms. The smallest absolute Gasteiger partial charge is 0.00313 e. The van der Waals surface area contributed by atoms with Crippen molar-refractivity contribution in [1.29, 1.82) is 0 Å². The van der Waals surface area contributed by atoms with Gasteiger partial charge in [-0.25, -0.2) is 0 Å². The van der Waals surface area contributed by atoms with E-state index in [9.17, 15) is 0 Å². The summed E-state index contributed by atoms with van der Waals surface area (Å²) in [4.78, 5) is 0. The lowest BCUT2D eigenvalue weighted by atomic mass is 10.1. The largest absolute Gasteiger partial charge is 0.0928 e. The molecule has 0 spiro atoms. The molecule has 0 aliphatic carbocycles. The minimum atomic E-state index is 1.14. The molecule has 0 fully saturated rings. The van der Waals surface area contributed by atoms with E-state index in [0.717, 1.165) is 5.33 Å². The van der Waals surface area contributed by atoms with E-state index < -0.39 is 0 Å². The van der Waals surface area contributed by atoms with Gasteiger partial charge >= 0.3 is 0 Å². The summed E-state index contributed by atoms with van der Waals surface area (Å²) in [6, 6.07) is 10.7. The Labute approximate surface area is 83.1 Å². The Balaban J connectivity index is 2.16. The summed E-state index contributed by atoms with van der Waals surface area (Å²) < 4.78 is 0. The van der Waals surface area contributed by atoms with Gasteiger partial charge in [0.1, 0.15) is 0 Å². The molecule has 0 aromatic heterocycles. The van der Waals surface area contributed by atoms with Crippen LogP contribution in [0, 0.1) is 0 Å². The summed E-state index contributed by atoms with van der Waals surface area (Å²) in [5.74, 6) is 0. The van der Waals surface area contributed by atoms with Crippen LogP contribution in [0.25, 0.3) is 0 Å². The van der Waals surface area contributed by atoms with Gasteiger partial charge < -0.3 is 0 Å². The van der Waals surface area contributed by atoms with E-state index in [-0.39, 0.29) is 0 Å². The third kappa shape index (κ3) is 3.91. The Morgan fingerprint density at radius 2 is 1.67 bits per heavy atom. The molecule has 0 atom stereocenters. The second-order valence-electron chi connectivity index (χ2n) is 2.99. The fourth-order valence-corrected chi connectivity index (χ4v) is 1.64. The second kappa shape index (κ2) is 6.24. The van der Waals surface area contributed by atoms with Crippen LogP contribution in [0.3, 0.4) is 0 Å². The predicted molar refractivity (Wildman–Crippen MR) is 57.8 cm³/mol. The van der Waals surface area contributed by atoms with E-state index in [0.29, 0.717) is 0 Å². The van der Waals surface area contributed by atoms with E-state index in [4.69, 9.17) is 0 Å². The van der Waals surface area contributed by atoms with Crippen LogP contribution in [0.4, 0.5) is 0 Å². The lowest BCUT2D eigenvalue weighted by molar-refractivity contribution is 0.724. The molecule has 0 nitrogen and oxygen atoms in total. The van der Waals surface area contributed by atoms with E-state index in [1.54, 1.807) is 0 Å². The normalized spacial score (nSPS) is 10.1. The molecule has 0 aliphatic rings. The van der Waals surface area contributed by atoms with Crippen molar-refractivity contribution in [2.45, 2.75) is 25.7 Å². The van der Waals surface area contributed by atoms with Gasteiger partial charge in [-0.2, -0.15) is 0 Å². The molecule has 1 heteroatoms. The predicted octanol–water partition coefficient (Wildman–Crippen LogP) is 3.79. The first-order valence-corrected chi connectivity index (χ1v) is 5.65. The minimum absolute atomic E-state index is 1.14. The number of rotatable bonds is 5. The summed E-state index contributed by atoms with van der Waals surface area (Å²) in [6.45, 7) is 0. The molecule has 1 aromatic carbocycles. The molecule has 0 radical (unpaired) electrons. The van der Waals surface area contributed by atoms with Gasteiger partial charge in [-0.15, -0.1) is 0 Å². The van der Waals surface area contributed by atoms with Crippen LogP contribution in [-0.4, -0.2) is 5.33 Å². The Morgan fingerprint density at radius 3 is 2.33 bits per heavy atom. The van der Waals surface area contributed by atoms with Crippen LogP contribution in [0.5, 0.6) is 0 Å². The number of hydrogen-bond acceptors (Lipinski definition) is 0. The molecule has 1 aromatic rings. The number of alkyl halides is 1. The molecule has 0 N–H and O–H groups in total. The number of halogens is 1. The van der Waals surface area contributed by atoms with Gasteiger partial charge in [0.05, 0.1) is 0 Å². The maximum absolute atomic E-state index is 3.44.